The lowest BCUT2D eigenvalue weighted by atomic mass is 9.97. The number of carbonyl (C=O) groups is 1. The van der Waals surface area contributed by atoms with Crippen LogP contribution in [-0.2, 0) is 11.2 Å². The number of aliphatic carboxylic acids is 1. The first kappa shape index (κ1) is 14.6. The summed E-state index contributed by atoms with van der Waals surface area (Å²) >= 11 is 5.73. The molecule has 0 aliphatic heterocycles. The summed E-state index contributed by atoms with van der Waals surface area (Å²) in [6, 6.07) is 16.4. The first-order chi connectivity index (χ1) is 9.58. The van der Waals surface area contributed by atoms with E-state index in [1.807, 2.05) is 24.3 Å². The van der Waals surface area contributed by atoms with E-state index in [9.17, 15) is 4.79 Å². The highest BCUT2D eigenvalue weighted by molar-refractivity contribution is 6.29. The maximum atomic E-state index is 10.7. The minimum absolute atomic E-state index is 0.445. The Morgan fingerprint density at radius 2 is 1.90 bits per heavy atom. The van der Waals surface area contributed by atoms with E-state index >= 15 is 0 Å². The van der Waals surface area contributed by atoms with Crippen molar-refractivity contribution < 1.29 is 9.90 Å². The molecule has 0 aromatic heterocycles. The Kier molecular flexibility index (Phi) is 4.80. The number of alkyl halides is 1. The molecular formula is C17H17ClO2. The van der Waals surface area contributed by atoms with Gasteiger partial charge in [-0.05, 0) is 42.0 Å². The second-order valence-electron chi connectivity index (χ2n) is 4.86. The first-order valence-electron chi connectivity index (χ1n) is 6.60. The summed E-state index contributed by atoms with van der Waals surface area (Å²) in [5.74, 6) is -0.954. The fourth-order valence-corrected chi connectivity index (χ4v) is 2.35. The second-order valence-corrected chi connectivity index (χ2v) is 5.39. The van der Waals surface area contributed by atoms with Gasteiger partial charge >= 0.3 is 5.97 Å². The quantitative estimate of drug-likeness (QED) is 0.834. The number of hydrogen-bond acceptors (Lipinski definition) is 1. The lowest BCUT2D eigenvalue weighted by Crippen LogP contribution is -2.13. The van der Waals surface area contributed by atoms with Gasteiger partial charge in [-0.25, -0.2) is 0 Å². The van der Waals surface area contributed by atoms with Crippen molar-refractivity contribution in [1.29, 1.82) is 0 Å². The Morgan fingerprint density at radius 1 is 1.20 bits per heavy atom. The van der Waals surface area contributed by atoms with Crippen molar-refractivity contribution in [2.75, 3.05) is 0 Å². The maximum absolute atomic E-state index is 10.7. The molecule has 0 radical (unpaired) electrons. The summed E-state index contributed by atoms with van der Waals surface area (Å²) in [6.07, 6.45) is 1.12. The number of halogens is 1. The summed E-state index contributed by atoms with van der Waals surface area (Å²) in [7, 11) is 0. The molecule has 2 aromatic carbocycles. The second kappa shape index (κ2) is 6.58. The maximum Gasteiger partial charge on any atom is 0.321 e. The van der Waals surface area contributed by atoms with Crippen LogP contribution in [0.3, 0.4) is 0 Å². The van der Waals surface area contributed by atoms with Gasteiger partial charge in [-0.15, -0.1) is 11.6 Å². The Hall–Kier alpha value is -1.80. The van der Waals surface area contributed by atoms with Crippen LogP contribution >= 0.6 is 11.6 Å². The number of benzene rings is 2. The van der Waals surface area contributed by atoms with Crippen molar-refractivity contribution in [2.24, 2.45) is 0 Å². The summed E-state index contributed by atoms with van der Waals surface area (Å²) in [6.45, 7) is 2.07. The van der Waals surface area contributed by atoms with E-state index in [0.717, 1.165) is 5.56 Å². The van der Waals surface area contributed by atoms with Gasteiger partial charge in [-0.2, -0.15) is 0 Å². The molecule has 2 aromatic rings. The van der Waals surface area contributed by atoms with Gasteiger partial charge in [0.25, 0.3) is 0 Å². The molecule has 2 rings (SSSR count). The topological polar surface area (TPSA) is 37.3 Å². The molecule has 0 fully saturated rings. The van der Waals surface area contributed by atoms with Gasteiger partial charge in [0.2, 0.25) is 0 Å². The van der Waals surface area contributed by atoms with E-state index in [0.29, 0.717) is 12.8 Å². The zero-order valence-corrected chi connectivity index (χ0v) is 12.1. The van der Waals surface area contributed by atoms with Gasteiger partial charge in [-0.3, -0.25) is 4.79 Å². The minimum atomic E-state index is -0.954. The van der Waals surface area contributed by atoms with E-state index in [1.54, 1.807) is 0 Å². The van der Waals surface area contributed by atoms with Crippen LogP contribution in [0.25, 0.3) is 11.1 Å². The summed E-state index contributed by atoms with van der Waals surface area (Å²) in [5, 5.41) is 7.96. The SMILES string of the molecule is Cc1cc(CCC(Cl)C(=O)O)ccc1-c1ccccc1. The van der Waals surface area contributed by atoms with Crippen LogP contribution in [0.5, 0.6) is 0 Å². The lowest BCUT2D eigenvalue weighted by molar-refractivity contribution is -0.136. The number of rotatable bonds is 5. The van der Waals surface area contributed by atoms with E-state index in [1.165, 1.54) is 16.7 Å². The fourth-order valence-electron chi connectivity index (χ4n) is 2.24. The predicted octanol–water partition coefficient (Wildman–Crippen LogP) is 4.29. The van der Waals surface area contributed by atoms with E-state index in [2.05, 4.69) is 31.2 Å². The Balaban J connectivity index is 2.12. The fraction of sp³-hybridized carbons (Fsp3) is 0.235. The van der Waals surface area contributed by atoms with Crippen molar-refractivity contribution in [1.82, 2.24) is 0 Å². The van der Waals surface area contributed by atoms with E-state index in [4.69, 9.17) is 16.7 Å². The molecule has 0 amide bonds. The summed E-state index contributed by atoms with van der Waals surface area (Å²) in [4.78, 5) is 10.7. The van der Waals surface area contributed by atoms with Gasteiger partial charge in [0.15, 0.2) is 0 Å². The van der Waals surface area contributed by atoms with Crippen LogP contribution < -0.4 is 0 Å². The van der Waals surface area contributed by atoms with Crippen LogP contribution in [-0.4, -0.2) is 16.5 Å². The highest BCUT2D eigenvalue weighted by Crippen LogP contribution is 2.24. The Bertz CT molecular complexity index is 593. The molecule has 0 saturated heterocycles. The molecule has 0 bridgehead atoms. The van der Waals surface area contributed by atoms with Crippen LogP contribution in [0.15, 0.2) is 48.5 Å². The molecule has 0 saturated carbocycles. The first-order valence-corrected chi connectivity index (χ1v) is 7.03. The number of carboxylic acids is 1. The highest BCUT2D eigenvalue weighted by atomic mass is 35.5. The third-order valence-electron chi connectivity index (χ3n) is 3.33. The van der Waals surface area contributed by atoms with E-state index < -0.39 is 11.3 Å². The molecule has 0 aliphatic carbocycles. The Labute approximate surface area is 124 Å². The molecule has 0 heterocycles. The number of hydrogen-bond donors (Lipinski definition) is 1. The van der Waals surface area contributed by atoms with Gasteiger partial charge in [-0.1, -0.05) is 48.5 Å². The van der Waals surface area contributed by atoms with Crippen molar-refractivity contribution >= 4 is 17.6 Å². The number of aryl methyl sites for hydroxylation is 2. The normalized spacial score (nSPS) is 12.1. The molecule has 3 heteroatoms. The summed E-state index contributed by atoms with van der Waals surface area (Å²) in [5.41, 5.74) is 4.71. The average Bonchev–Trinajstić information content (AvgIpc) is 2.45. The van der Waals surface area contributed by atoms with Crippen molar-refractivity contribution in [2.45, 2.75) is 25.1 Å². The van der Waals surface area contributed by atoms with Gasteiger partial charge < -0.3 is 5.11 Å². The van der Waals surface area contributed by atoms with Gasteiger partial charge in [0.1, 0.15) is 5.38 Å². The molecule has 1 N–H and O–H groups in total. The van der Waals surface area contributed by atoms with Crippen molar-refractivity contribution in [3.63, 3.8) is 0 Å². The average molecular weight is 289 g/mol. The summed E-state index contributed by atoms with van der Waals surface area (Å²) < 4.78 is 0. The molecule has 0 spiro atoms. The molecule has 20 heavy (non-hydrogen) atoms. The van der Waals surface area contributed by atoms with Gasteiger partial charge in [0, 0.05) is 0 Å². The van der Waals surface area contributed by atoms with Crippen molar-refractivity contribution in [3.05, 3.63) is 59.7 Å². The largest absolute Gasteiger partial charge is 0.480 e. The minimum Gasteiger partial charge on any atom is -0.480 e. The Morgan fingerprint density at radius 3 is 2.50 bits per heavy atom. The van der Waals surface area contributed by atoms with E-state index in [-0.39, 0.29) is 0 Å². The predicted molar refractivity (Wildman–Crippen MR) is 82.2 cm³/mol. The van der Waals surface area contributed by atoms with Crippen LogP contribution in [0.4, 0.5) is 0 Å². The van der Waals surface area contributed by atoms with Gasteiger partial charge in [0.05, 0.1) is 0 Å². The third kappa shape index (κ3) is 3.61. The van der Waals surface area contributed by atoms with Crippen LogP contribution in [0.2, 0.25) is 0 Å². The zero-order valence-electron chi connectivity index (χ0n) is 11.3. The lowest BCUT2D eigenvalue weighted by Gasteiger charge is -2.09. The van der Waals surface area contributed by atoms with Crippen LogP contribution in [0, 0.1) is 6.92 Å². The molecule has 1 atom stereocenters. The molecular weight excluding hydrogens is 272 g/mol. The monoisotopic (exact) mass is 288 g/mol. The zero-order chi connectivity index (χ0) is 14.5. The third-order valence-corrected chi connectivity index (χ3v) is 3.73. The molecule has 0 aliphatic rings. The molecule has 2 nitrogen and oxygen atoms in total. The smallest absolute Gasteiger partial charge is 0.321 e. The molecule has 1 unspecified atom stereocenters. The highest BCUT2D eigenvalue weighted by Gasteiger charge is 2.13. The van der Waals surface area contributed by atoms with Crippen LogP contribution in [0.1, 0.15) is 17.5 Å². The molecule has 104 valence electrons. The number of carboxylic acid groups (broad SMARTS) is 1. The standard InChI is InChI=1S/C17H17ClO2/c1-12-11-13(8-10-16(18)17(19)20)7-9-15(12)14-5-3-2-4-6-14/h2-7,9,11,16H,8,10H2,1H3,(H,19,20). The van der Waals surface area contributed by atoms with Crippen molar-refractivity contribution in [3.8, 4) is 11.1 Å².